The van der Waals surface area contributed by atoms with Gasteiger partial charge < -0.3 is 9.47 Å². The molecule has 0 saturated carbocycles. The maximum Gasteiger partial charge on any atom is 0.343 e. The van der Waals surface area contributed by atoms with Gasteiger partial charge in [-0.3, -0.25) is 14.9 Å². The van der Waals surface area contributed by atoms with Gasteiger partial charge in [-0.15, -0.1) is 0 Å². The van der Waals surface area contributed by atoms with Crippen LogP contribution in [-0.2, 0) is 4.79 Å². The molecule has 10 heteroatoms. The molecular weight excluding hydrogens is 450 g/mol. The third kappa shape index (κ3) is 6.88. The molecule has 0 bridgehead atoms. The number of non-ortho nitro benzene ring substituents is 1. The van der Waals surface area contributed by atoms with E-state index in [0.717, 1.165) is 11.6 Å². The van der Waals surface area contributed by atoms with E-state index in [9.17, 15) is 19.7 Å². The molecule has 0 atom stereocenters. The minimum absolute atomic E-state index is 0.0476. The predicted octanol–water partition coefficient (Wildman–Crippen LogP) is 4.30. The Morgan fingerprint density at radius 1 is 1.12 bits per heavy atom. The molecule has 1 amide bonds. The first kappa shape index (κ1) is 23.4. The standard InChI is InChI=1S/C23H18ClN3O6/c1-15-10-18(24)8-9-21(15)32-14-22(28)26-25-13-16-4-2-7-20(11-16)33-23(29)17-5-3-6-19(12-17)27(30)31/h2-13H,14H2,1H3,(H,26,28). The van der Waals surface area contributed by atoms with E-state index < -0.39 is 16.8 Å². The maximum absolute atomic E-state index is 12.3. The third-order valence-corrected chi connectivity index (χ3v) is 4.50. The van der Waals surface area contributed by atoms with E-state index in [-0.39, 0.29) is 23.6 Å². The van der Waals surface area contributed by atoms with E-state index in [1.165, 1.54) is 30.5 Å². The fourth-order valence-electron chi connectivity index (χ4n) is 2.70. The molecule has 9 nitrogen and oxygen atoms in total. The summed E-state index contributed by atoms with van der Waals surface area (Å²) in [7, 11) is 0. The maximum atomic E-state index is 12.3. The zero-order valence-electron chi connectivity index (χ0n) is 17.4. The molecule has 3 aromatic carbocycles. The molecule has 0 saturated heterocycles. The molecule has 0 aliphatic heterocycles. The summed E-state index contributed by atoms with van der Waals surface area (Å²) in [6.45, 7) is 1.58. The van der Waals surface area contributed by atoms with Crippen molar-refractivity contribution in [3.05, 3.63) is 98.6 Å². The van der Waals surface area contributed by atoms with Gasteiger partial charge in [0.25, 0.3) is 11.6 Å². The number of carbonyl (C=O) groups excluding carboxylic acids is 2. The van der Waals surface area contributed by atoms with Crippen LogP contribution in [0.1, 0.15) is 21.5 Å². The number of benzene rings is 3. The fourth-order valence-corrected chi connectivity index (χ4v) is 2.93. The van der Waals surface area contributed by atoms with Crippen LogP contribution in [0.4, 0.5) is 5.69 Å². The highest BCUT2D eigenvalue weighted by molar-refractivity contribution is 6.30. The summed E-state index contributed by atoms with van der Waals surface area (Å²) in [6, 6.07) is 16.7. The summed E-state index contributed by atoms with van der Waals surface area (Å²) in [4.78, 5) is 34.5. The van der Waals surface area contributed by atoms with E-state index in [0.29, 0.717) is 16.3 Å². The summed E-state index contributed by atoms with van der Waals surface area (Å²) >= 11 is 5.89. The van der Waals surface area contributed by atoms with Crippen LogP contribution in [0.15, 0.2) is 71.8 Å². The van der Waals surface area contributed by atoms with Crippen molar-refractivity contribution >= 4 is 35.4 Å². The van der Waals surface area contributed by atoms with E-state index >= 15 is 0 Å². The van der Waals surface area contributed by atoms with Crippen molar-refractivity contribution in [3.63, 3.8) is 0 Å². The second-order valence-corrected chi connectivity index (χ2v) is 7.20. The number of ether oxygens (including phenoxy) is 2. The van der Waals surface area contributed by atoms with Crippen molar-refractivity contribution in [1.29, 1.82) is 0 Å². The number of halogens is 1. The predicted molar refractivity (Wildman–Crippen MR) is 122 cm³/mol. The zero-order valence-corrected chi connectivity index (χ0v) is 18.1. The number of nitro groups is 1. The number of hydrazone groups is 1. The van der Waals surface area contributed by atoms with Crippen LogP contribution in [0.3, 0.4) is 0 Å². The van der Waals surface area contributed by atoms with E-state index in [2.05, 4.69) is 10.5 Å². The van der Waals surface area contributed by atoms with Gasteiger partial charge in [-0.1, -0.05) is 29.8 Å². The first-order chi connectivity index (χ1) is 15.8. The first-order valence-corrected chi connectivity index (χ1v) is 9.97. The van der Waals surface area contributed by atoms with Gasteiger partial charge in [-0.2, -0.15) is 5.10 Å². The molecule has 33 heavy (non-hydrogen) atoms. The molecule has 0 aromatic heterocycles. The molecule has 0 spiro atoms. The minimum atomic E-state index is -0.740. The number of aryl methyl sites for hydroxylation is 1. The molecule has 1 N–H and O–H groups in total. The van der Waals surface area contributed by atoms with Gasteiger partial charge in [0.2, 0.25) is 0 Å². The Morgan fingerprint density at radius 2 is 1.91 bits per heavy atom. The number of nitro benzene ring substituents is 1. The number of carbonyl (C=O) groups is 2. The number of esters is 1. The Labute approximate surface area is 193 Å². The summed E-state index contributed by atoms with van der Waals surface area (Å²) in [5.41, 5.74) is 3.53. The smallest absolute Gasteiger partial charge is 0.343 e. The normalized spacial score (nSPS) is 10.6. The Hall–Kier alpha value is -4.24. The summed E-state index contributed by atoms with van der Waals surface area (Å²) in [5.74, 6) is -0.454. The van der Waals surface area contributed by atoms with Gasteiger partial charge in [0.05, 0.1) is 16.7 Å². The van der Waals surface area contributed by atoms with Gasteiger partial charge in [0.1, 0.15) is 11.5 Å². The van der Waals surface area contributed by atoms with Crippen molar-refractivity contribution in [2.24, 2.45) is 5.10 Å². The van der Waals surface area contributed by atoms with Crippen molar-refractivity contribution in [1.82, 2.24) is 5.43 Å². The Morgan fingerprint density at radius 3 is 2.67 bits per heavy atom. The number of nitrogens with one attached hydrogen (secondary N) is 1. The molecule has 3 aromatic rings. The quantitative estimate of drug-likeness (QED) is 0.173. The van der Waals surface area contributed by atoms with Crippen LogP contribution in [0.25, 0.3) is 0 Å². The Balaban J connectivity index is 1.54. The van der Waals surface area contributed by atoms with Gasteiger partial charge in [0, 0.05) is 17.2 Å². The number of hydrogen-bond donors (Lipinski definition) is 1. The van der Waals surface area contributed by atoms with E-state index in [4.69, 9.17) is 21.1 Å². The van der Waals surface area contributed by atoms with Crippen molar-refractivity contribution in [2.75, 3.05) is 6.61 Å². The molecule has 0 aliphatic rings. The van der Waals surface area contributed by atoms with E-state index in [1.54, 1.807) is 36.4 Å². The minimum Gasteiger partial charge on any atom is -0.483 e. The van der Waals surface area contributed by atoms with Crippen molar-refractivity contribution in [2.45, 2.75) is 6.92 Å². The molecular formula is C23H18ClN3O6. The number of rotatable bonds is 8. The second-order valence-electron chi connectivity index (χ2n) is 6.76. The van der Waals surface area contributed by atoms with Crippen LogP contribution in [0.5, 0.6) is 11.5 Å². The number of amides is 1. The number of hydrogen-bond acceptors (Lipinski definition) is 7. The monoisotopic (exact) mass is 467 g/mol. The molecule has 168 valence electrons. The third-order valence-electron chi connectivity index (χ3n) is 4.26. The lowest BCUT2D eigenvalue weighted by Gasteiger charge is -2.08. The lowest BCUT2D eigenvalue weighted by Crippen LogP contribution is -2.24. The lowest BCUT2D eigenvalue weighted by molar-refractivity contribution is -0.384. The average Bonchev–Trinajstić information content (AvgIpc) is 2.79. The summed E-state index contributed by atoms with van der Waals surface area (Å²) < 4.78 is 10.7. The Kier molecular flexibility index (Phi) is 7.72. The fraction of sp³-hybridized carbons (Fsp3) is 0.0870. The molecule has 0 aliphatic carbocycles. The zero-order chi connectivity index (χ0) is 23.8. The van der Waals surface area contributed by atoms with Crippen molar-refractivity contribution in [3.8, 4) is 11.5 Å². The van der Waals surface area contributed by atoms with Gasteiger partial charge in [-0.05, 0) is 54.4 Å². The van der Waals surface area contributed by atoms with Crippen LogP contribution in [0, 0.1) is 17.0 Å². The topological polar surface area (TPSA) is 120 Å². The average molecular weight is 468 g/mol. The van der Waals surface area contributed by atoms with Crippen LogP contribution in [0.2, 0.25) is 5.02 Å². The van der Waals surface area contributed by atoms with Crippen LogP contribution >= 0.6 is 11.6 Å². The molecule has 3 rings (SSSR count). The highest BCUT2D eigenvalue weighted by Crippen LogP contribution is 2.21. The van der Waals surface area contributed by atoms with E-state index in [1.807, 2.05) is 6.92 Å². The second kappa shape index (κ2) is 10.9. The molecule has 0 heterocycles. The highest BCUT2D eigenvalue weighted by atomic mass is 35.5. The highest BCUT2D eigenvalue weighted by Gasteiger charge is 2.13. The molecule has 0 fully saturated rings. The number of nitrogens with zero attached hydrogens (tertiary/aromatic N) is 2. The SMILES string of the molecule is Cc1cc(Cl)ccc1OCC(=O)NN=Cc1cccc(OC(=O)c2cccc([N+](=O)[O-])c2)c1. The summed E-state index contributed by atoms with van der Waals surface area (Å²) in [6.07, 6.45) is 1.37. The molecule has 0 radical (unpaired) electrons. The van der Waals surface area contributed by atoms with Crippen LogP contribution < -0.4 is 14.9 Å². The van der Waals surface area contributed by atoms with Gasteiger partial charge in [0.15, 0.2) is 6.61 Å². The van der Waals surface area contributed by atoms with Gasteiger partial charge in [-0.25, -0.2) is 10.2 Å². The molecule has 0 unspecified atom stereocenters. The largest absolute Gasteiger partial charge is 0.483 e. The van der Waals surface area contributed by atoms with Crippen LogP contribution in [-0.4, -0.2) is 29.6 Å². The summed E-state index contributed by atoms with van der Waals surface area (Å²) in [5, 5.41) is 15.3. The lowest BCUT2D eigenvalue weighted by atomic mass is 10.2. The van der Waals surface area contributed by atoms with Gasteiger partial charge >= 0.3 is 5.97 Å². The Bertz CT molecular complexity index is 1230. The van der Waals surface area contributed by atoms with Crippen molar-refractivity contribution < 1.29 is 24.0 Å². The first-order valence-electron chi connectivity index (χ1n) is 9.59.